The minimum atomic E-state index is -0.0396. The molecule has 0 aliphatic rings. The summed E-state index contributed by atoms with van der Waals surface area (Å²) >= 11 is 11.1. The second kappa shape index (κ2) is 6.55. The van der Waals surface area contributed by atoms with E-state index in [1.807, 2.05) is 30.5 Å². The first kappa shape index (κ1) is 14.6. The molecule has 1 amide bonds. The lowest BCUT2D eigenvalue weighted by Crippen LogP contribution is -2.30. The first-order chi connectivity index (χ1) is 9.11. The number of halogens is 2. The molecule has 0 fully saturated rings. The lowest BCUT2D eigenvalue weighted by Gasteiger charge is -2.21. The zero-order chi connectivity index (χ0) is 13.8. The fourth-order valence-electron chi connectivity index (χ4n) is 1.75. The number of nitrogens with zero attached hydrogens (tertiary/aromatic N) is 1. The number of hydrogen-bond donors (Lipinski definition) is 0. The van der Waals surface area contributed by atoms with Gasteiger partial charge in [0.15, 0.2) is 0 Å². The Hall–Kier alpha value is -0.840. The Morgan fingerprint density at radius 2 is 2.21 bits per heavy atom. The highest BCUT2D eigenvalue weighted by atomic mass is 79.9. The van der Waals surface area contributed by atoms with Crippen LogP contribution in [0.25, 0.3) is 0 Å². The van der Waals surface area contributed by atoms with Crippen LogP contribution in [0.4, 0.5) is 0 Å². The predicted octanol–water partition coefficient (Wildman–Crippen LogP) is 4.83. The first-order valence-corrected chi connectivity index (χ1v) is 7.93. The molecule has 1 aromatic heterocycles. The minimum absolute atomic E-state index is 0.0396. The maximum absolute atomic E-state index is 12.5. The normalized spacial score (nSPS) is 10.5. The quantitative estimate of drug-likeness (QED) is 0.767. The molecule has 0 aliphatic carbocycles. The summed E-state index contributed by atoms with van der Waals surface area (Å²) in [5, 5.41) is 2.50. The fourth-order valence-corrected chi connectivity index (χ4v) is 3.03. The van der Waals surface area contributed by atoms with Crippen molar-refractivity contribution in [1.82, 2.24) is 4.90 Å². The van der Waals surface area contributed by atoms with Gasteiger partial charge in [-0.3, -0.25) is 4.79 Å². The van der Waals surface area contributed by atoms with Gasteiger partial charge in [-0.05, 0) is 36.6 Å². The summed E-state index contributed by atoms with van der Waals surface area (Å²) in [6, 6.07) is 9.35. The lowest BCUT2D eigenvalue weighted by atomic mass is 10.2. The van der Waals surface area contributed by atoms with Crippen LogP contribution in [-0.2, 0) is 6.54 Å². The van der Waals surface area contributed by atoms with Crippen molar-refractivity contribution in [2.24, 2.45) is 0 Å². The van der Waals surface area contributed by atoms with Crippen LogP contribution in [0.1, 0.15) is 22.2 Å². The van der Waals surface area contributed by atoms with E-state index < -0.39 is 0 Å². The summed E-state index contributed by atoms with van der Waals surface area (Å²) in [5.74, 6) is -0.0396. The summed E-state index contributed by atoms with van der Waals surface area (Å²) in [7, 11) is 0. The van der Waals surface area contributed by atoms with Crippen LogP contribution in [0.15, 0.2) is 40.2 Å². The van der Waals surface area contributed by atoms with E-state index in [1.165, 1.54) is 4.88 Å². The molecule has 5 heteroatoms. The number of amides is 1. The summed E-state index contributed by atoms with van der Waals surface area (Å²) in [6.45, 7) is 3.24. The predicted molar refractivity (Wildman–Crippen MR) is 83.9 cm³/mol. The Morgan fingerprint density at radius 3 is 2.84 bits per heavy atom. The largest absolute Gasteiger partial charge is 0.334 e. The SMILES string of the molecule is CCN(Cc1cccs1)C(=O)c1cc(Br)ccc1Cl. The van der Waals surface area contributed by atoms with Crippen LogP contribution in [0.3, 0.4) is 0 Å². The van der Waals surface area contributed by atoms with E-state index in [-0.39, 0.29) is 5.91 Å². The molecule has 2 nitrogen and oxygen atoms in total. The van der Waals surface area contributed by atoms with E-state index in [2.05, 4.69) is 15.9 Å². The smallest absolute Gasteiger partial charge is 0.255 e. The molecule has 0 spiro atoms. The topological polar surface area (TPSA) is 20.3 Å². The van der Waals surface area contributed by atoms with Crippen molar-refractivity contribution in [3.8, 4) is 0 Å². The van der Waals surface area contributed by atoms with Crippen LogP contribution in [0.2, 0.25) is 5.02 Å². The fraction of sp³-hybridized carbons (Fsp3) is 0.214. The van der Waals surface area contributed by atoms with Crippen molar-refractivity contribution in [2.75, 3.05) is 6.54 Å². The van der Waals surface area contributed by atoms with Gasteiger partial charge in [-0.15, -0.1) is 11.3 Å². The Kier molecular flexibility index (Phi) is 5.02. The molecule has 1 heterocycles. The first-order valence-electron chi connectivity index (χ1n) is 5.88. The third-order valence-electron chi connectivity index (χ3n) is 2.75. The third-order valence-corrected chi connectivity index (χ3v) is 4.44. The van der Waals surface area contributed by atoms with Crippen LogP contribution in [0, 0.1) is 0 Å². The summed E-state index contributed by atoms with van der Waals surface area (Å²) in [4.78, 5) is 15.5. The number of thiophene rings is 1. The minimum Gasteiger partial charge on any atom is -0.334 e. The van der Waals surface area contributed by atoms with Crippen molar-refractivity contribution in [2.45, 2.75) is 13.5 Å². The average Bonchev–Trinajstić information content (AvgIpc) is 2.91. The maximum Gasteiger partial charge on any atom is 0.255 e. The van der Waals surface area contributed by atoms with Gasteiger partial charge in [-0.25, -0.2) is 0 Å². The van der Waals surface area contributed by atoms with E-state index in [0.29, 0.717) is 23.7 Å². The van der Waals surface area contributed by atoms with Gasteiger partial charge in [0, 0.05) is 15.9 Å². The van der Waals surface area contributed by atoms with E-state index in [1.54, 1.807) is 28.4 Å². The van der Waals surface area contributed by atoms with Gasteiger partial charge in [0.25, 0.3) is 5.91 Å². The highest BCUT2D eigenvalue weighted by Crippen LogP contribution is 2.23. The zero-order valence-corrected chi connectivity index (χ0v) is 13.6. The molecule has 2 rings (SSSR count). The molecule has 0 saturated heterocycles. The molecule has 0 unspecified atom stereocenters. The Balaban J connectivity index is 2.23. The van der Waals surface area contributed by atoms with Crippen LogP contribution < -0.4 is 0 Å². The zero-order valence-electron chi connectivity index (χ0n) is 10.4. The highest BCUT2D eigenvalue weighted by Gasteiger charge is 2.18. The molecular weight excluding hydrogens is 346 g/mol. The van der Waals surface area contributed by atoms with E-state index in [4.69, 9.17) is 11.6 Å². The molecule has 1 aromatic carbocycles. The van der Waals surface area contributed by atoms with Crippen molar-refractivity contribution in [1.29, 1.82) is 0 Å². The number of rotatable bonds is 4. The monoisotopic (exact) mass is 357 g/mol. The molecular formula is C14H13BrClNOS. The van der Waals surface area contributed by atoms with E-state index in [0.717, 1.165) is 4.47 Å². The van der Waals surface area contributed by atoms with Gasteiger partial charge < -0.3 is 4.90 Å². The standard InChI is InChI=1S/C14H13BrClNOS/c1-2-17(9-11-4-3-7-19-11)14(18)12-8-10(15)5-6-13(12)16/h3-8H,2,9H2,1H3. The molecule has 0 N–H and O–H groups in total. The molecule has 0 saturated carbocycles. The van der Waals surface area contributed by atoms with Gasteiger partial charge in [0.2, 0.25) is 0 Å². The van der Waals surface area contributed by atoms with Gasteiger partial charge in [0.1, 0.15) is 0 Å². The highest BCUT2D eigenvalue weighted by molar-refractivity contribution is 9.10. The molecule has 0 atom stereocenters. The molecule has 0 aliphatic heterocycles. The summed E-state index contributed by atoms with van der Waals surface area (Å²) in [5.41, 5.74) is 0.537. The van der Waals surface area contributed by atoms with E-state index in [9.17, 15) is 4.79 Å². The van der Waals surface area contributed by atoms with Crippen molar-refractivity contribution in [3.63, 3.8) is 0 Å². The second-order valence-corrected chi connectivity index (χ2v) is 6.38. The van der Waals surface area contributed by atoms with Crippen LogP contribution in [0.5, 0.6) is 0 Å². The summed E-state index contributed by atoms with van der Waals surface area (Å²) in [6.07, 6.45) is 0. The van der Waals surface area contributed by atoms with Crippen molar-refractivity contribution < 1.29 is 4.79 Å². The van der Waals surface area contributed by atoms with Gasteiger partial charge in [-0.2, -0.15) is 0 Å². The molecule has 0 radical (unpaired) electrons. The van der Waals surface area contributed by atoms with Crippen molar-refractivity contribution in [3.05, 3.63) is 55.6 Å². The van der Waals surface area contributed by atoms with Gasteiger partial charge in [0.05, 0.1) is 17.1 Å². The molecule has 0 bridgehead atoms. The van der Waals surface area contributed by atoms with Crippen LogP contribution >= 0.6 is 38.9 Å². The maximum atomic E-state index is 12.5. The Labute approximate surface area is 130 Å². The Bertz CT molecular complexity index is 571. The molecule has 2 aromatic rings. The van der Waals surface area contributed by atoms with Gasteiger partial charge >= 0.3 is 0 Å². The lowest BCUT2D eigenvalue weighted by molar-refractivity contribution is 0.0754. The number of benzene rings is 1. The van der Waals surface area contributed by atoms with E-state index >= 15 is 0 Å². The summed E-state index contributed by atoms with van der Waals surface area (Å²) < 4.78 is 0.854. The van der Waals surface area contributed by atoms with Gasteiger partial charge in [-0.1, -0.05) is 33.6 Å². The molecule has 19 heavy (non-hydrogen) atoms. The second-order valence-electron chi connectivity index (χ2n) is 4.02. The Morgan fingerprint density at radius 1 is 1.42 bits per heavy atom. The molecule has 100 valence electrons. The van der Waals surface area contributed by atoms with Crippen LogP contribution in [-0.4, -0.2) is 17.4 Å². The average molecular weight is 359 g/mol. The number of carbonyl (C=O) groups excluding carboxylic acids is 1. The number of carbonyl (C=O) groups is 1. The van der Waals surface area contributed by atoms with Crippen molar-refractivity contribution >= 4 is 44.8 Å². The number of hydrogen-bond acceptors (Lipinski definition) is 2. The third kappa shape index (κ3) is 3.59.